The Labute approximate surface area is 150 Å². The van der Waals surface area contributed by atoms with Crippen LogP contribution in [0.25, 0.3) is 0 Å². The SMILES string of the molecule is Cc1cc(C(=O)N2CCCNCC2)ccc1NC(=O)CC(C)C.Cl. The number of hydrogen-bond acceptors (Lipinski definition) is 3. The minimum absolute atomic E-state index is 0. The Morgan fingerprint density at radius 3 is 2.67 bits per heavy atom. The number of benzene rings is 1. The van der Waals surface area contributed by atoms with E-state index in [-0.39, 0.29) is 24.2 Å². The number of nitrogens with one attached hydrogen (secondary N) is 2. The second kappa shape index (κ2) is 9.64. The number of halogens is 1. The Balaban J connectivity index is 0.00000288. The Hall–Kier alpha value is -1.59. The fourth-order valence-electron chi connectivity index (χ4n) is 2.74. The Kier molecular flexibility index (Phi) is 8.22. The molecule has 1 aromatic carbocycles. The Bertz CT molecular complexity index is 567. The number of carbonyl (C=O) groups is 2. The van der Waals surface area contributed by atoms with Crippen LogP contribution in [0.1, 0.15) is 42.6 Å². The second-order valence-electron chi connectivity index (χ2n) is 6.57. The summed E-state index contributed by atoms with van der Waals surface area (Å²) in [4.78, 5) is 26.4. The lowest BCUT2D eigenvalue weighted by Gasteiger charge is -2.20. The molecular weight excluding hydrogens is 326 g/mol. The van der Waals surface area contributed by atoms with Gasteiger partial charge in [-0.25, -0.2) is 0 Å². The van der Waals surface area contributed by atoms with E-state index in [0.717, 1.165) is 43.9 Å². The molecule has 1 aromatic rings. The van der Waals surface area contributed by atoms with Crippen LogP contribution in [0.5, 0.6) is 0 Å². The molecule has 5 nitrogen and oxygen atoms in total. The molecule has 24 heavy (non-hydrogen) atoms. The van der Waals surface area contributed by atoms with Crippen LogP contribution in [0.15, 0.2) is 18.2 Å². The number of nitrogens with zero attached hydrogens (tertiary/aromatic N) is 1. The van der Waals surface area contributed by atoms with E-state index >= 15 is 0 Å². The molecule has 2 amide bonds. The van der Waals surface area contributed by atoms with Gasteiger partial charge in [0, 0.05) is 37.3 Å². The third-order valence-electron chi connectivity index (χ3n) is 3.97. The van der Waals surface area contributed by atoms with Gasteiger partial charge in [-0.15, -0.1) is 12.4 Å². The van der Waals surface area contributed by atoms with Gasteiger partial charge in [-0.2, -0.15) is 0 Å². The van der Waals surface area contributed by atoms with Crippen LogP contribution in [-0.4, -0.2) is 42.9 Å². The maximum absolute atomic E-state index is 12.6. The fourth-order valence-corrected chi connectivity index (χ4v) is 2.74. The van der Waals surface area contributed by atoms with Crippen LogP contribution in [0.2, 0.25) is 0 Å². The van der Waals surface area contributed by atoms with E-state index < -0.39 is 0 Å². The van der Waals surface area contributed by atoms with Crippen LogP contribution >= 0.6 is 12.4 Å². The predicted octanol–water partition coefficient (Wildman–Crippen LogP) is 2.84. The smallest absolute Gasteiger partial charge is 0.253 e. The summed E-state index contributed by atoms with van der Waals surface area (Å²) < 4.78 is 0. The van der Waals surface area contributed by atoms with Gasteiger partial charge in [0.15, 0.2) is 0 Å². The number of amides is 2. The van der Waals surface area contributed by atoms with E-state index in [1.807, 2.05) is 37.8 Å². The third-order valence-corrected chi connectivity index (χ3v) is 3.97. The first-order chi connectivity index (χ1) is 11.0. The molecule has 134 valence electrons. The zero-order valence-electron chi connectivity index (χ0n) is 14.7. The highest BCUT2D eigenvalue weighted by atomic mass is 35.5. The molecule has 0 spiro atoms. The standard InChI is InChI=1S/C18H27N3O2.ClH/c1-13(2)11-17(22)20-16-6-5-15(12-14(16)3)18(23)21-9-4-7-19-8-10-21;/h5-6,12-13,19H,4,7-11H2,1-3H3,(H,20,22);1H. The highest BCUT2D eigenvalue weighted by Crippen LogP contribution is 2.19. The molecule has 6 heteroatoms. The van der Waals surface area contributed by atoms with Gasteiger partial charge in [0.25, 0.3) is 5.91 Å². The second-order valence-corrected chi connectivity index (χ2v) is 6.57. The highest BCUT2D eigenvalue weighted by molar-refractivity contribution is 5.96. The molecule has 1 aliphatic heterocycles. The average Bonchev–Trinajstić information content (AvgIpc) is 2.77. The monoisotopic (exact) mass is 353 g/mol. The van der Waals surface area contributed by atoms with Crippen LogP contribution < -0.4 is 10.6 Å². The summed E-state index contributed by atoms with van der Waals surface area (Å²) in [5.74, 6) is 0.408. The van der Waals surface area contributed by atoms with Crippen molar-refractivity contribution in [2.75, 3.05) is 31.5 Å². The fraction of sp³-hybridized carbons (Fsp3) is 0.556. The molecule has 0 atom stereocenters. The summed E-state index contributed by atoms with van der Waals surface area (Å²) in [5, 5.41) is 6.22. The number of hydrogen-bond donors (Lipinski definition) is 2. The summed E-state index contributed by atoms with van der Waals surface area (Å²) in [6.45, 7) is 9.29. The van der Waals surface area contributed by atoms with Gasteiger partial charge in [-0.1, -0.05) is 13.8 Å². The number of aryl methyl sites for hydroxylation is 1. The maximum Gasteiger partial charge on any atom is 0.253 e. The Morgan fingerprint density at radius 2 is 2.00 bits per heavy atom. The molecule has 1 aliphatic rings. The van der Waals surface area contributed by atoms with Crippen LogP contribution in [0, 0.1) is 12.8 Å². The lowest BCUT2D eigenvalue weighted by Crippen LogP contribution is -2.34. The predicted molar refractivity (Wildman–Crippen MR) is 99.9 cm³/mol. The summed E-state index contributed by atoms with van der Waals surface area (Å²) >= 11 is 0. The molecule has 2 N–H and O–H groups in total. The van der Waals surface area contributed by atoms with Gasteiger partial charge < -0.3 is 15.5 Å². The van der Waals surface area contributed by atoms with Crippen molar-refractivity contribution in [2.24, 2.45) is 5.92 Å². The molecule has 0 bridgehead atoms. The molecule has 0 radical (unpaired) electrons. The molecule has 0 aromatic heterocycles. The van der Waals surface area contributed by atoms with E-state index in [1.165, 1.54) is 0 Å². The summed E-state index contributed by atoms with van der Waals surface area (Å²) in [5.41, 5.74) is 2.39. The van der Waals surface area contributed by atoms with Gasteiger partial charge in [0.2, 0.25) is 5.91 Å². The van der Waals surface area contributed by atoms with Gasteiger partial charge in [0.1, 0.15) is 0 Å². The summed E-state index contributed by atoms with van der Waals surface area (Å²) in [7, 11) is 0. The van der Waals surface area contributed by atoms with Crippen molar-refractivity contribution in [2.45, 2.75) is 33.6 Å². The zero-order chi connectivity index (χ0) is 16.8. The average molecular weight is 354 g/mol. The molecule has 1 heterocycles. The summed E-state index contributed by atoms with van der Waals surface area (Å²) in [6.07, 6.45) is 1.48. The Morgan fingerprint density at radius 1 is 1.25 bits per heavy atom. The van der Waals surface area contributed by atoms with Crippen molar-refractivity contribution in [1.82, 2.24) is 10.2 Å². The molecule has 0 aliphatic carbocycles. The van der Waals surface area contributed by atoms with Crippen molar-refractivity contribution in [1.29, 1.82) is 0 Å². The van der Waals surface area contributed by atoms with Gasteiger partial charge in [-0.05, 0) is 49.6 Å². The van der Waals surface area contributed by atoms with Gasteiger partial charge in [0.05, 0.1) is 0 Å². The quantitative estimate of drug-likeness (QED) is 0.875. The van der Waals surface area contributed by atoms with Crippen molar-refractivity contribution in [3.8, 4) is 0 Å². The van der Waals surface area contributed by atoms with E-state index in [0.29, 0.717) is 17.9 Å². The maximum atomic E-state index is 12.6. The van der Waals surface area contributed by atoms with Gasteiger partial charge in [-0.3, -0.25) is 9.59 Å². The molecule has 1 saturated heterocycles. The first-order valence-electron chi connectivity index (χ1n) is 8.38. The van der Waals surface area contributed by atoms with Crippen molar-refractivity contribution >= 4 is 29.9 Å². The van der Waals surface area contributed by atoms with Crippen LogP contribution in [0.3, 0.4) is 0 Å². The van der Waals surface area contributed by atoms with E-state index in [2.05, 4.69) is 10.6 Å². The van der Waals surface area contributed by atoms with E-state index in [4.69, 9.17) is 0 Å². The zero-order valence-corrected chi connectivity index (χ0v) is 15.5. The molecule has 2 rings (SSSR count). The first kappa shape index (κ1) is 20.5. The molecule has 0 unspecified atom stereocenters. The molecular formula is C18H28ClN3O2. The normalized spacial score (nSPS) is 14.8. The van der Waals surface area contributed by atoms with Crippen LogP contribution in [-0.2, 0) is 4.79 Å². The molecule has 0 saturated carbocycles. The topological polar surface area (TPSA) is 61.4 Å². The van der Waals surface area contributed by atoms with Crippen molar-refractivity contribution < 1.29 is 9.59 Å². The number of anilines is 1. The van der Waals surface area contributed by atoms with E-state index in [9.17, 15) is 9.59 Å². The minimum atomic E-state index is 0. The van der Waals surface area contributed by atoms with Crippen molar-refractivity contribution in [3.63, 3.8) is 0 Å². The lowest BCUT2D eigenvalue weighted by atomic mass is 10.1. The largest absolute Gasteiger partial charge is 0.337 e. The lowest BCUT2D eigenvalue weighted by molar-refractivity contribution is -0.116. The summed E-state index contributed by atoms with van der Waals surface area (Å²) in [6, 6.07) is 5.50. The van der Waals surface area contributed by atoms with E-state index in [1.54, 1.807) is 6.07 Å². The number of rotatable bonds is 4. The first-order valence-corrected chi connectivity index (χ1v) is 8.38. The van der Waals surface area contributed by atoms with Crippen LogP contribution in [0.4, 0.5) is 5.69 Å². The van der Waals surface area contributed by atoms with Gasteiger partial charge >= 0.3 is 0 Å². The number of carbonyl (C=O) groups excluding carboxylic acids is 2. The van der Waals surface area contributed by atoms with Crippen molar-refractivity contribution in [3.05, 3.63) is 29.3 Å². The minimum Gasteiger partial charge on any atom is -0.337 e. The molecule has 1 fully saturated rings. The highest BCUT2D eigenvalue weighted by Gasteiger charge is 2.18. The third kappa shape index (κ3) is 5.80.